The van der Waals surface area contributed by atoms with Crippen LogP contribution in [-0.2, 0) is 0 Å². The highest BCUT2D eigenvalue weighted by molar-refractivity contribution is 8.00. The summed E-state index contributed by atoms with van der Waals surface area (Å²) in [6.45, 7) is 0. The van der Waals surface area contributed by atoms with Crippen LogP contribution in [0.25, 0.3) is 0 Å². The average Bonchev–Trinajstić information content (AvgIpc) is 1.95. The molecule has 0 aliphatic rings. The van der Waals surface area contributed by atoms with Crippen LogP contribution in [0.1, 0.15) is 0 Å². The molecule has 2 N–H and O–H groups in total. The van der Waals surface area contributed by atoms with Crippen LogP contribution in [0.4, 0.5) is 27.6 Å². The number of alkyl halides is 3. The molecule has 0 radical (unpaired) electrons. The van der Waals surface area contributed by atoms with Crippen molar-refractivity contribution in [2.45, 2.75) is 10.4 Å². The van der Waals surface area contributed by atoms with Crippen molar-refractivity contribution in [1.82, 2.24) is 0 Å². The second-order valence-corrected chi connectivity index (χ2v) is 3.43. The third-order valence-electron chi connectivity index (χ3n) is 1.25. The van der Waals surface area contributed by atoms with Gasteiger partial charge in [-0.2, -0.15) is 13.2 Å². The average molecular weight is 229 g/mol. The number of nitrogens with two attached hydrogens (primary N) is 1. The van der Waals surface area contributed by atoms with Gasteiger partial charge < -0.3 is 5.73 Å². The molecular weight excluding hydrogens is 225 g/mol. The monoisotopic (exact) mass is 229 g/mol. The minimum absolute atomic E-state index is 0.352. The van der Waals surface area contributed by atoms with E-state index in [1.165, 1.54) is 0 Å². The molecule has 14 heavy (non-hydrogen) atoms. The zero-order valence-corrected chi connectivity index (χ0v) is 7.35. The van der Waals surface area contributed by atoms with Gasteiger partial charge in [0, 0.05) is 6.07 Å². The maximum absolute atomic E-state index is 12.8. The predicted octanol–water partition coefficient (Wildman–Crippen LogP) is 3.16. The zero-order chi connectivity index (χ0) is 10.9. The Labute approximate surface area is 80.1 Å². The summed E-state index contributed by atoms with van der Waals surface area (Å²) >= 11 is -0.704. The van der Waals surface area contributed by atoms with Crippen LogP contribution in [0.5, 0.6) is 0 Å². The van der Waals surface area contributed by atoms with E-state index in [0.717, 1.165) is 0 Å². The van der Waals surface area contributed by atoms with E-state index in [0.29, 0.717) is 12.1 Å². The largest absolute Gasteiger partial charge is 0.446 e. The molecule has 0 aromatic heterocycles. The molecule has 0 bridgehead atoms. The Bertz CT molecular complexity index is 325. The Balaban J connectivity index is 3.09. The fourth-order valence-electron chi connectivity index (χ4n) is 0.804. The Hall–Kier alpha value is -0.980. The highest BCUT2D eigenvalue weighted by atomic mass is 32.2. The lowest BCUT2D eigenvalue weighted by atomic mass is 10.3. The molecule has 0 amide bonds. The van der Waals surface area contributed by atoms with E-state index < -0.39 is 39.5 Å². The van der Waals surface area contributed by atoms with E-state index in [2.05, 4.69) is 0 Å². The summed E-state index contributed by atoms with van der Waals surface area (Å²) < 4.78 is 60.8. The molecule has 7 heteroatoms. The first-order valence-electron chi connectivity index (χ1n) is 3.30. The number of thioether (sulfide) groups is 1. The molecule has 0 aliphatic heterocycles. The molecule has 0 unspecified atom stereocenters. The van der Waals surface area contributed by atoms with Crippen molar-refractivity contribution in [3.05, 3.63) is 23.8 Å². The number of benzene rings is 1. The molecule has 0 atom stereocenters. The van der Waals surface area contributed by atoms with Crippen LogP contribution in [0.2, 0.25) is 0 Å². The highest BCUT2D eigenvalue weighted by Crippen LogP contribution is 2.41. The van der Waals surface area contributed by atoms with Crippen LogP contribution in [0.15, 0.2) is 17.0 Å². The molecule has 1 nitrogen and oxygen atoms in total. The summed E-state index contributed by atoms with van der Waals surface area (Å²) in [6.07, 6.45) is 0. The van der Waals surface area contributed by atoms with Crippen LogP contribution in [0, 0.1) is 11.6 Å². The summed E-state index contributed by atoms with van der Waals surface area (Å²) in [5.41, 5.74) is -0.182. The summed E-state index contributed by atoms with van der Waals surface area (Å²) in [5, 5.41) is 0. The van der Waals surface area contributed by atoms with Crippen LogP contribution in [-0.4, -0.2) is 5.51 Å². The summed E-state index contributed by atoms with van der Waals surface area (Å²) in [7, 11) is 0. The molecule has 1 aromatic carbocycles. The first-order chi connectivity index (χ1) is 6.29. The normalized spacial score (nSPS) is 11.8. The standard InChI is InChI=1S/C7H4F5NS/c8-3-1-4(9)6(5(13)2-3)14-7(10,11)12/h1-2H,13H2. The molecule has 0 saturated heterocycles. The minimum Gasteiger partial charge on any atom is -0.398 e. The molecule has 0 fully saturated rings. The van der Waals surface area contributed by atoms with E-state index in [-0.39, 0.29) is 0 Å². The second kappa shape index (κ2) is 3.64. The number of rotatable bonds is 1. The van der Waals surface area contributed by atoms with Gasteiger partial charge in [-0.3, -0.25) is 0 Å². The summed E-state index contributed by atoms with van der Waals surface area (Å²) in [6, 6.07) is 0.988. The Morgan fingerprint density at radius 3 is 2.14 bits per heavy atom. The molecule has 78 valence electrons. The van der Waals surface area contributed by atoms with E-state index in [1.807, 2.05) is 0 Å². The quantitative estimate of drug-likeness (QED) is 0.454. The summed E-state index contributed by atoms with van der Waals surface area (Å²) in [4.78, 5) is -0.807. The van der Waals surface area contributed by atoms with Gasteiger partial charge in [0.15, 0.2) is 0 Å². The Morgan fingerprint density at radius 2 is 1.71 bits per heavy atom. The third-order valence-corrected chi connectivity index (χ3v) is 2.12. The molecule has 0 heterocycles. The van der Waals surface area contributed by atoms with Gasteiger partial charge in [-0.05, 0) is 17.8 Å². The molecule has 0 spiro atoms. The van der Waals surface area contributed by atoms with Crippen LogP contribution >= 0.6 is 11.8 Å². The van der Waals surface area contributed by atoms with Gasteiger partial charge in [0.2, 0.25) is 0 Å². The minimum atomic E-state index is -4.65. The van der Waals surface area contributed by atoms with Crippen molar-refractivity contribution in [3.63, 3.8) is 0 Å². The van der Waals surface area contributed by atoms with Crippen molar-refractivity contribution < 1.29 is 22.0 Å². The second-order valence-electron chi connectivity index (χ2n) is 2.35. The van der Waals surface area contributed by atoms with Gasteiger partial charge in [0.25, 0.3) is 0 Å². The van der Waals surface area contributed by atoms with Crippen LogP contribution < -0.4 is 5.73 Å². The summed E-state index contributed by atoms with van der Waals surface area (Å²) in [5.74, 6) is -2.32. The number of halogens is 5. The first-order valence-corrected chi connectivity index (χ1v) is 4.11. The smallest absolute Gasteiger partial charge is 0.398 e. The lowest BCUT2D eigenvalue weighted by Crippen LogP contribution is -2.03. The van der Waals surface area contributed by atoms with Gasteiger partial charge >= 0.3 is 5.51 Å². The fraction of sp³-hybridized carbons (Fsp3) is 0.143. The fourth-order valence-corrected chi connectivity index (χ4v) is 1.37. The molecule has 0 saturated carbocycles. The van der Waals surface area contributed by atoms with Gasteiger partial charge in [0.1, 0.15) is 11.6 Å². The Morgan fingerprint density at radius 1 is 1.14 bits per heavy atom. The van der Waals surface area contributed by atoms with Gasteiger partial charge in [0.05, 0.1) is 10.6 Å². The number of nitrogen functional groups attached to an aromatic ring is 1. The number of hydrogen-bond acceptors (Lipinski definition) is 2. The molecule has 1 rings (SSSR count). The van der Waals surface area contributed by atoms with Gasteiger partial charge in [-0.1, -0.05) is 0 Å². The van der Waals surface area contributed by atoms with Crippen molar-refractivity contribution in [1.29, 1.82) is 0 Å². The first kappa shape index (κ1) is 11.1. The lowest BCUT2D eigenvalue weighted by Gasteiger charge is -2.08. The zero-order valence-electron chi connectivity index (χ0n) is 6.53. The van der Waals surface area contributed by atoms with E-state index >= 15 is 0 Å². The van der Waals surface area contributed by atoms with E-state index in [1.54, 1.807) is 0 Å². The SMILES string of the molecule is Nc1cc(F)cc(F)c1SC(F)(F)F. The van der Waals surface area contributed by atoms with Gasteiger partial charge in [-0.25, -0.2) is 8.78 Å². The third kappa shape index (κ3) is 2.76. The van der Waals surface area contributed by atoms with E-state index in [9.17, 15) is 22.0 Å². The maximum Gasteiger partial charge on any atom is 0.446 e. The predicted molar refractivity (Wildman–Crippen MR) is 42.7 cm³/mol. The highest BCUT2D eigenvalue weighted by Gasteiger charge is 2.32. The van der Waals surface area contributed by atoms with Crippen molar-refractivity contribution in [2.24, 2.45) is 0 Å². The van der Waals surface area contributed by atoms with Crippen molar-refractivity contribution in [2.75, 3.05) is 5.73 Å². The molecule has 0 aliphatic carbocycles. The Kier molecular flexibility index (Phi) is 2.89. The molecular formula is C7H4F5NS. The molecule has 1 aromatic rings. The van der Waals surface area contributed by atoms with Crippen molar-refractivity contribution >= 4 is 17.4 Å². The van der Waals surface area contributed by atoms with Gasteiger partial charge in [-0.15, -0.1) is 0 Å². The number of anilines is 1. The number of hydrogen-bond donors (Lipinski definition) is 1. The van der Waals surface area contributed by atoms with Crippen molar-refractivity contribution in [3.8, 4) is 0 Å². The topological polar surface area (TPSA) is 26.0 Å². The van der Waals surface area contributed by atoms with Crippen LogP contribution in [0.3, 0.4) is 0 Å². The lowest BCUT2D eigenvalue weighted by molar-refractivity contribution is -0.0329. The maximum atomic E-state index is 12.8. The van der Waals surface area contributed by atoms with E-state index in [4.69, 9.17) is 5.73 Å².